The summed E-state index contributed by atoms with van der Waals surface area (Å²) in [6.45, 7) is 3.97. The molecular weight excluding hydrogens is 356 g/mol. The lowest BCUT2D eigenvalue weighted by Gasteiger charge is -2.00. The van der Waals surface area contributed by atoms with Crippen LogP contribution in [0.2, 0.25) is 0 Å². The zero-order valence-corrected chi connectivity index (χ0v) is 14.3. The number of ketones is 1. The number of aryl methyl sites for hydroxylation is 2. The minimum Gasteiger partial charge on any atom is -0.507 e. The van der Waals surface area contributed by atoms with Gasteiger partial charge in [-0.25, -0.2) is 0 Å². The Labute approximate surface area is 142 Å². The van der Waals surface area contributed by atoms with Crippen LogP contribution in [0.3, 0.4) is 0 Å². The monoisotopic (exact) mass is 370 g/mol. The second kappa shape index (κ2) is 6.05. The first kappa shape index (κ1) is 15.6. The van der Waals surface area contributed by atoms with E-state index in [9.17, 15) is 9.90 Å². The van der Waals surface area contributed by atoms with Gasteiger partial charge in [0.2, 0.25) is 0 Å². The fraction of sp³-hybridized carbons (Fsp3) is 0.105. The van der Waals surface area contributed by atoms with Gasteiger partial charge < -0.3 is 9.52 Å². The number of hydrogen-bond acceptors (Lipinski definition) is 3. The highest BCUT2D eigenvalue weighted by atomic mass is 79.9. The van der Waals surface area contributed by atoms with Gasteiger partial charge in [-0.3, -0.25) is 4.79 Å². The highest BCUT2D eigenvalue weighted by molar-refractivity contribution is 9.10. The molecule has 4 heteroatoms. The normalized spacial score (nSPS) is 11.4. The number of rotatable bonds is 3. The molecule has 3 rings (SSSR count). The maximum Gasteiger partial charge on any atom is 0.189 e. The van der Waals surface area contributed by atoms with E-state index in [1.165, 1.54) is 12.1 Å². The predicted molar refractivity (Wildman–Crippen MR) is 94.9 cm³/mol. The third-order valence-corrected chi connectivity index (χ3v) is 4.23. The molecule has 23 heavy (non-hydrogen) atoms. The molecule has 2 aromatic carbocycles. The maximum absolute atomic E-state index is 12.3. The Bertz CT molecular complexity index is 935. The minimum absolute atomic E-state index is 0.0418. The maximum atomic E-state index is 12.3. The van der Waals surface area contributed by atoms with Crippen LogP contribution < -0.4 is 0 Å². The summed E-state index contributed by atoms with van der Waals surface area (Å²) in [7, 11) is 0. The number of benzene rings is 2. The number of halogens is 1. The molecule has 0 saturated carbocycles. The first-order valence-electron chi connectivity index (χ1n) is 7.16. The Morgan fingerprint density at radius 1 is 1.17 bits per heavy atom. The van der Waals surface area contributed by atoms with Gasteiger partial charge in [0.05, 0.1) is 5.56 Å². The Balaban J connectivity index is 1.95. The molecule has 0 aliphatic carbocycles. The van der Waals surface area contributed by atoms with Crippen LogP contribution in [0.25, 0.3) is 17.0 Å². The van der Waals surface area contributed by atoms with E-state index in [0.717, 1.165) is 26.6 Å². The highest BCUT2D eigenvalue weighted by Crippen LogP contribution is 2.28. The molecule has 0 spiro atoms. The topological polar surface area (TPSA) is 50.4 Å². The number of phenolic OH excluding ortho intramolecular Hbond substituents is 1. The first-order chi connectivity index (χ1) is 11.0. The van der Waals surface area contributed by atoms with Crippen LogP contribution in [-0.2, 0) is 0 Å². The van der Waals surface area contributed by atoms with Crippen molar-refractivity contribution in [1.82, 2.24) is 0 Å². The van der Waals surface area contributed by atoms with Crippen LogP contribution in [0.15, 0.2) is 51.4 Å². The molecule has 3 nitrogen and oxygen atoms in total. The summed E-state index contributed by atoms with van der Waals surface area (Å²) in [6, 6.07) is 10.8. The molecule has 1 heterocycles. The largest absolute Gasteiger partial charge is 0.507 e. The summed E-state index contributed by atoms with van der Waals surface area (Å²) in [5.74, 6) is 0.327. The molecule has 0 amide bonds. The standard InChI is InChI=1S/C19H15BrO3/c1-11-3-5-14-12(2)18(23-19(14)9-11)8-7-17(22)15-10-13(20)4-6-16(15)21/h3-10,21H,1-2H3. The smallest absolute Gasteiger partial charge is 0.189 e. The summed E-state index contributed by atoms with van der Waals surface area (Å²) in [6.07, 6.45) is 3.06. The Hall–Kier alpha value is -2.33. The SMILES string of the molecule is Cc1ccc2c(C)c(C=CC(=O)c3cc(Br)ccc3O)oc2c1. The molecule has 0 atom stereocenters. The van der Waals surface area contributed by atoms with Gasteiger partial charge in [-0.15, -0.1) is 0 Å². The molecular formula is C19H15BrO3. The number of aromatic hydroxyl groups is 1. The van der Waals surface area contributed by atoms with E-state index in [1.807, 2.05) is 32.0 Å². The van der Waals surface area contributed by atoms with Gasteiger partial charge >= 0.3 is 0 Å². The van der Waals surface area contributed by atoms with Crippen LogP contribution in [0.1, 0.15) is 27.2 Å². The van der Waals surface area contributed by atoms with E-state index >= 15 is 0 Å². The van der Waals surface area contributed by atoms with Crippen LogP contribution in [0, 0.1) is 13.8 Å². The van der Waals surface area contributed by atoms with Crippen molar-refractivity contribution in [3.05, 3.63) is 69.4 Å². The van der Waals surface area contributed by atoms with Crippen molar-refractivity contribution < 1.29 is 14.3 Å². The van der Waals surface area contributed by atoms with Crippen molar-refractivity contribution in [2.75, 3.05) is 0 Å². The molecule has 0 fully saturated rings. The van der Waals surface area contributed by atoms with Gasteiger partial charge in [0, 0.05) is 15.4 Å². The number of phenols is 1. The second-order valence-electron chi connectivity index (χ2n) is 5.45. The van der Waals surface area contributed by atoms with Crippen molar-refractivity contribution in [2.24, 2.45) is 0 Å². The van der Waals surface area contributed by atoms with Crippen LogP contribution >= 0.6 is 15.9 Å². The van der Waals surface area contributed by atoms with Crippen LogP contribution in [0.5, 0.6) is 5.75 Å². The summed E-state index contributed by atoms with van der Waals surface area (Å²) >= 11 is 3.30. The molecule has 0 radical (unpaired) electrons. The van der Waals surface area contributed by atoms with Crippen molar-refractivity contribution in [3.63, 3.8) is 0 Å². The summed E-state index contributed by atoms with van der Waals surface area (Å²) in [4.78, 5) is 12.3. The lowest BCUT2D eigenvalue weighted by Crippen LogP contribution is -1.94. The molecule has 1 aromatic heterocycles. The van der Waals surface area contributed by atoms with Crippen LogP contribution in [0.4, 0.5) is 0 Å². The number of furan rings is 1. The predicted octanol–water partition coefficient (Wildman–Crippen LogP) is 5.41. The first-order valence-corrected chi connectivity index (χ1v) is 7.95. The van der Waals surface area contributed by atoms with E-state index in [4.69, 9.17) is 4.42 Å². The number of hydrogen-bond donors (Lipinski definition) is 1. The zero-order chi connectivity index (χ0) is 16.6. The Morgan fingerprint density at radius 3 is 2.74 bits per heavy atom. The fourth-order valence-corrected chi connectivity index (χ4v) is 2.82. The summed E-state index contributed by atoms with van der Waals surface area (Å²) in [5, 5.41) is 10.8. The number of carbonyl (C=O) groups is 1. The Kier molecular flexibility index (Phi) is 4.09. The molecule has 0 bridgehead atoms. The van der Waals surface area contributed by atoms with Gasteiger partial charge in [0.15, 0.2) is 5.78 Å². The van der Waals surface area contributed by atoms with E-state index in [1.54, 1.807) is 18.2 Å². The Morgan fingerprint density at radius 2 is 1.96 bits per heavy atom. The van der Waals surface area contributed by atoms with Crippen molar-refractivity contribution >= 4 is 38.8 Å². The quantitative estimate of drug-likeness (QED) is 0.495. The van der Waals surface area contributed by atoms with E-state index in [2.05, 4.69) is 15.9 Å². The minimum atomic E-state index is -0.278. The molecule has 116 valence electrons. The average Bonchev–Trinajstić information content (AvgIpc) is 2.83. The van der Waals surface area contributed by atoms with Crippen molar-refractivity contribution in [3.8, 4) is 5.75 Å². The lowest BCUT2D eigenvalue weighted by atomic mass is 10.1. The highest BCUT2D eigenvalue weighted by Gasteiger charge is 2.11. The third-order valence-electron chi connectivity index (χ3n) is 3.74. The van der Waals surface area contributed by atoms with E-state index < -0.39 is 0 Å². The summed E-state index contributed by atoms with van der Waals surface area (Å²) in [5.41, 5.74) is 3.17. The molecule has 0 aliphatic rings. The van der Waals surface area contributed by atoms with Crippen molar-refractivity contribution in [2.45, 2.75) is 13.8 Å². The third kappa shape index (κ3) is 3.08. The van der Waals surface area contributed by atoms with Gasteiger partial charge in [-0.1, -0.05) is 28.1 Å². The van der Waals surface area contributed by atoms with E-state index in [0.29, 0.717) is 5.76 Å². The summed E-state index contributed by atoms with van der Waals surface area (Å²) < 4.78 is 6.55. The number of carbonyl (C=O) groups excluding carboxylic acids is 1. The van der Waals surface area contributed by atoms with Crippen molar-refractivity contribution in [1.29, 1.82) is 0 Å². The molecule has 0 unspecified atom stereocenters. The molecule has 0 aliphatic heterocycles. The zero-order valence-electron chi connectivity index (χ0n) is 12.8. The second-order valence-corrected chi connectivity index (χ2v) is 6.37. The molecule has 1 N–H and O–H groups in total. The number of fused-ring (bicyclic) bond motifs is 1. The number of allylic oxidation sites excluding steroid dienone is 1. The van der Waals surface area contributed by atoms with Gasteiger partial charge in [-0.2, -0.15) is 0 Å². The van der Waals surface area contributed by atoms with Crippen LogP contribution in [-0.4, -0.2) is 10.9 Å². The van der Waals surface area contributed by atoms with Gasteiger partial charge in [-0.05, 0) is 55.8 Å². The lowest BCUT2D eigenvalue weighted by molar-refractivity contribution is 0.104. The average molecular weight is 371 g/mol. The van der Waals surface area contributed by atoms with E-state index in [-0.39, 0.29) is 17.1 Å². The molecule has 3 aromatic rings. The van der Waals surface area contributed by atoms with Gasteiger partial charge in [0.25, 0.3) is 0 Å². The fourth-order valence-electron chi connectivity index (χ4n) is 2.46. The van der Waals surface area contributed by atoms with Gasteiger partial charge in [0.1, 0.15) is 17.1 Å². The molecule has 0 saturated heterocycles.